The Morgan fingerprint density at radius 1 is 1.33 bits per heavy atom. The number of alkyl halides is 3. The van der Waals surface area contributed by atoms with E-state index in [1.807, 2.05) is 0 Å². The molecular formula is C11H11F3O3S. The van der Waals surface area contributed by atoms with Crippen LogP contribution >= 0.6 is 0 Å². The van der Waals surface area contributed by atoms with Gasteiger partial charge < -0.3 is 5.11 Å². The molecule has 0 saturated heterocycles. The molecule has 0 aliphatic rings. The second-order valence-corrected chi connectivity index (χ2v) is 5.21. The van der Waals surface area contributed by atoms with Crippen LogP contribution in [0.5, 0.6) is 0 Å². The zero-order valence-electron chi connectivity index (χ0n) is 9.24. The lowest BCUT2D eigenvalue weighted by molar-refractivity contribution is -0.138. The smallest absolute Gasteiger partial charge is 0.416 e. The molecule has 1 N–H and O–H groups in total. The molecule has 0 spiro atoms. The topological polar surface area (TPSA) is 54.4 Å². The Morgan fingerprint density at radius 2 is 2.00 bits per heavy atom. The van der Waals surface area contributed by atoms with E-state index in [-0.39, 0.29) is 23.5 Å². The third-order valence-electron chi connectivity index (χ3n) is 2.13. The van der Waals surface area contributed by atoms with Crippen molar-refractivity contribution in [2.24, 2.45) is 0 Å². The maximum atomic E-state index is 12.4. The highest BCUT2D eigenvalue weighted by atomic mass is 32.2. The summed E-state index contributed by atoms with van der Waals surface area (Å²) in [6.07, 6.45) is -4.69. The lowest BCUT2D eigenvalue weighted by Crippen LogP contribution is -2.08. The minimum absolute atomic E-state index is 0.0639. The van der Waals surface area contributed by atoms with Crippen molar-refractivity contribution in [1.29, 1.82) is 0 Å². The predicted octanol–water partition coefficient (Wildman–Crippen LogP) is 2.43. The van der Waals surface area contributed by atoms with Gasteiger partial charge in [0.05, 0.1) is 12.0 Å². The lowest BCUT2D eigenvalue weighted by atomic mass is 10.1. The summed E-state index contributed by atoms with van der Waals surface area (Å²) in [7, 11) is -1.47. The Labute approximate surface area is 104 Å². The van der Waals surface area contributed by atoms with E-state index < -0.39 is 28.5 Å². The fraction of sp³-hybridized carbons (Fsp3) is 0.364. The summed E-state index contributed by atoms with van der Waals surface area (Å²) < 4.78 is 48.7. The van der Waals surface area contributed by atoms with E-state index in [1.54, 1.807) is 0 Å². The lowest BCUT2D eigenvalue weighted by Gasteiger charge is -2.08. The van der Waals surface area contributed by atoms with Gasteiger partial charge in [-0.25, -0.2) is 0 Å². The molecule has 7 heteroatoms. The summed E-state index contributed by atoms with van der Waals surface area (Å²) in [5.74, 6) is -1.21. The summed E-state index contributed by atoms with van der Waals surface area (Å²) in [5, 5.41) is 8.40. The molecule has 100 valence electrons. The first-order valence-corrected chi connectivity index (χ1v) is 6.51. The Balaban J connectivity index is 2.68. The number of carbonyl (C=O) groups is 1. The molecular weight excluding hydrogens is 269 g/mol. The number of carboxylic acid groups (broad SMARTS) is 1. The number of halogens is 3. The van der Waals surface area contributed by atoms with E-state index in [0.29, 0.717) is 0 Å². The van der Waals surface area contributed by atoms with Crippen molar-refractivity contribution >= 4 is 16.8 Å². The molecule has 0 heterocycles. The van der Waals surface area contributed by atoms with Gasteiger partial charge in [-0.15, -0.1) is 0 Å². The minimum atomic E-state index is -4.43. The molecule has 18 heavy (non-hydrogen) atoms. The van der Waals surface area contributed by atoms with Crippen molar-refractivity contribution in [1.82, 2.24) is 0 Å². The molecule has 0 radical (unpaired) electrons. The normalized spacial score (nSPS) is 13.3. The molecule has 0 aliphatic heterocycles. The van der Waals surface area contributed by atoms with Crippen molar-refractivity contribution < 1.29 is 27.3 Å². The predicted molar refractivity (Wildman–Crippen MR) is 60.4 cm³/mol. The number of aliphatic carboxylic acids is 1. The van der Waals surface area contributed by atoms with Crippen LogP contribution in [-0.2, 0) is 27.5 Å². The van der Waals surface area contributed by atoms with E-state index in [0.717, 1.165) is 12.1 Å². The van der Waals surface area contributed by atoms with Gasteiger partial charge in [0.25, 0.3) is 0 Å². The van der Waals surface area contributed by atoms with Gasteiger partial charge in [0.2, 0.25) is 0 Å². The number of hydrogen-bond donors (Lipinski definition) is 1. The van der Waals surface area contributed by atoms with Gasteiger partial charge >= 0.3 is 12.1 Å². The van der Waals surface area contributed by atoms with Crippen LogP contribution in [-0.4, -0.2) is 21.0 Å². The molecule has 3 nitrogen and oxygen atoms in total. The van der Waals surface area contributed by atoms with E-state index in [9.17, 15) is 22.2 Å². The average molecular weight is 280 g/mol. The van der Waals surface area contributed by atoms with Gasteiger partial charge in [0.1, 0.15) is 0 Å². The summed E-state index contributed by atoms with van der Waals surface area (Å²) in [6, 6.07) is 4.54. The Bertz CT molecular complexity index is 457. The molecule has 0 amide bonds. The molecule has 0 bridgehead atoms. The van der Waals surface area contributed by atoms with Crippen LogP contribution in [0.1, 0.15) is 17.5 Å². The molecule has 0 fully saturated rings. The third-order valence-corrected chi connectivity index (χ3v) is 3.44. The Kier molecular flexibility index (Phi) is 4.89. The van der Waals surface area contributed by atoms with Crippen LogP contribution in [0.25, 0.3) is 0 Å². The van der Waals surface area contributed by atoms with Crippen LogP contribution in [0.15, 0.2) is 24.3 Å². The fourth-order valence-corrected chi connectivity index (χ4v) is 2.39. The molecule has 1 aromatic carbocycles. The highest BCUT2D eigenvalue weighted by molar-refractivity contribution is 7.84. The highest BCUT2D eigenvalue weighted by Gasteiger charge is 2.30. The number of rotatable bonds is 5. The monoisotopic (exact) mass is 280 g/mol. The fourth-order valence-electron chi connectivity index (χ4n) is 1.30. The van der Waals surface area contributed by atoms with Crippen molar-refractivity contribution in [3.63, 3.8) is 0 Å². The van der Waals surface area contributed by atoms with E-state index >= 15 is 0 Å². The maximum absolute atomic E-state index is 12.4. The molecule has 1 atom stereocenters. The van der Waals surface area contributed by atoms with Crippen LogP contribution < -0.4 is 0 Å². The van der Waals surface area contributed by atoms with Crippen LogP contribution in [0.2, 0.25) is 0 Å². The molecule has 1 unspecified atom stereocenters. The van der Waals surface area contributed by atoms with Gasteiger partial charge in [0.15, 0.2) is 0 Å². The Hall–Kier alpha value is -1.37. The standard InChI is InChI=1S/C11H11F3O3S/c12-11(13,14)9-3-1-2-8(6-9)7-18(17)5-4-10(15)16/h1-3,6H,4-5,7H2,(H,15,16). The number of hydrogen-bond acceptors (Lipinski definition) is 2. The maximum Gasteiger partial charge on any atom is 0.416 e. The summed E-state index contributed by atoms with van der Waals surface area (Å²) in [4.78, 5) is 10.3. The van der Waals surface area contributed by atoms with Crippen LogP contribution in [0.4, 0.5) is 13.2 Å². The number of carboxylic acids is 1. The Morgan fingerprint density at radius 3 is 2.56 bits per heavy atom. The third kappa shape index (κ3) is 4.87. The van der Waals surface area contributed by atoms with Crippen molar-refractivity contribution in [2.75, 3.05) is 5.75 Å². The van der Waals surface area contributed by atoms with Crippen molar-refractivity contribution in [3.8, 4) is 0 Å². The van der Waals surface area contributed by atoms with Gasteiger partial charge in [-0.2, -0.15) is 13.2 Å². The molecule has 0 aromatic heterocycles. The summed E-state index contributed by atoms with van der Waals surface area (Å²) in [5.41, 5.74) is -0.510. The van der Waals surface area contributed by atoms with Crippen molar-refractivity contribution in [3.05, 3.63) is 35.4 Å². The van der Waals surface area contributed by atoms with E-state index in [1.165, 1.54) is 12.1 Å². The van der Waals surface area contributed by atoms with E-state index in [4.69, 9.17) is 5.11 Å². The summed E-state index contributed by atoms with van der Waals surface area (Å²) >= 11 is 0. The first-order chi connectivity index (χ1) is 8.29. The zero-order chi connectivity index (χ0) is 13.8. The second kappa shape index (κ2) is 5.99. The molecule has 0 aliphatic carbocycles. The SMILES string of the molecule is O=C(O)CCS(=O)Cc1cccc(C(F)(F)F)c1. The first-order valence-electron chi connectivity index (χ1n) is 5.02. The second-order valence-electron chi connectivity index (χ2n) is 3.63. The number of benzene rings is 1. The van der Waals surface area contributed by atoms with Gasteiger partial charge in [-0.1, -0.05) is 18.2 Å². The van der Waals surface area contributed by atoms with Gasteiger partial charge in [-0.3, -0.25) is 9.00 Å². The highest BCUT2D eigenvalue weighted by Crippen LogP contribution is 2.29. The van der Waals surface area contributed by atoms with E-state index in [2.05, 4.69) is 0 Å². The largest absolute Gasteiger partial charge is 0.481 e. The van der Waals surface area contributed by atoms with Crippen LogP contribution in [0.3, 0.4) is 0 Å². The molecule has 1 aromatic rings. The van der Waals surface area contributed by atoms with Gasteiger partial charge in [-0.05, 0) is 11.6 Å². The zero-order valence-corrected chi connectivity index (χ0v) is 10.1. The minimum Gasteiger partial charge on any atom is -0.481 e. The van der Waals surface area contributed by atoms with Crippen LogP contribution in [0, 0.1) is 0 Å². The van der Waals surface area contributed by atoms with Crippen molar-refractivity contribution in [2.45, 2.75) is 18.3 Å². The molecule has 1 rings (SSSR count). The molecule has 0 saturated carbocycles. The van der Waals surface area contributed by atoms with Gasteiger partial charge in [0, 0.05) is 22.3 Å². The summed E-state index contributed by atoms with van der Waals surface area (Å²) in [6.45, 7) is 0. The first kappa shape index (κ1) is 14.7. The quantitative estimate of drug-likeness (QED) is 0.901. The average Bonchev–Trinajstić information content (AvgIpc) is 2.25.